The molecule has 6 aromatic rings. The topological polar surface area (TPSA) is 201 Å². The Hall–Kier alpha value is -5.44. The molecule has 0 saturated carbocycles. The Morgan fingerprint density at radius 2 is 0.938 bits per heavy atom. The van der Waals surface area contributed by atoms with Gasteiger partial charge in [0.15, 0.2) is 0 Å². The van der Waals surface area contributed by atoms with E-state index in [0.29, 0.717) is 35.6 Å². The molecule has 0 aliphatic rings. The van der Waals surface area contributed by atoms with E-state index in [1.165, 1.54) is 10.5 Å². The summed E-state index contributed by atoms with van der Waals surface area (Å²) >= 11 is 7.92. The molecule has 0 bridgehead atoms. The van der Waals surface area contributed by atoms with Gasteiger partial charge in [0.05, 0.1) is 30.4 Å². The molecule has 0 unspecified atom stereocenters. The predicted molar refractivity (Wildman–Crippen MR) is 304 cm³/mol. The first kappa shape index (κ1) is 74.6. The second kappa shape index (κ2) is 32.9. The first-order valence-electron chi connectivity index (χ1n) is 23.3. The molecule has 25 heteroatoms. The van der Waals surface area contributed by atoms with E-state index in [2.05, 4.69) is 40.1 Å². The molecule has 0 aliphatic heterocycles. The molecule has 0 atom stereocenters. The standard InChI is InChI=1S/C25H25F3N2O5S.C13H12O2.C12H14ClF3N2O3S.C2H5I.C2H6.CH4.Na/c1-24(2,3)29-23(31)30-36(32,33)22-15-18(25(26,27)28)10-13-21(22)35-20-7-5-6-17(14-20)16-8-11-19(34-4)12-9-16;1-15-13-7-5-10(6-8-13)11-3-2-4-12(14)9-11;1-11(2,3)17-10(19)18-22(20,21)9-6-7(12(14,15)16)4-5-8(9)13;1-2-3;1-2;;/h5-15H,1-4H3,(H2,29,30,31);2-9,14H,1H3;4-6H,1-3H3,(H2,17,18,19);2H2,1H3;1-2H3;1H4;/q;;;;;;+1/p-1. The van der Waals surface area contributed by atoms with Crippen LogP contribution in [-0.4, -0.2) is 58.6 Å². The molecule has 0 fully saturated rings. The number of carbonyl (C=O) groups is 2. The van der Waals surface area contributed by atoms with Crippen LogP contribution in [0.4, 0.5) is 35.9 Å². The molecule has 0 radical (unpaired) electrons. The van der Waals surface area contributed by atoms with Crippen molar-refractivity contribution in [3.63, 3.8) is 0 Å². The fraction of sp³-hybridized carbons (Fsp3) is 0.309. The van der Waals surface area contributed by atoms with Crippen molar-refractivity contribution >= 4 is 66.3 Å². The van der Waals surface area contributed by atoms with Crippen molar-refractivity contribution in [2.75, 3.05) is 18.6 Å². The molecule has 0 saturated heterocycles. The maximum atomic E-state index is 13.4. The molecular weight excluding hydrogens is 1240 g/mol. The van der Waals surface area contributed by atoms with E-state index >= 15 is 0 Å². The summed E-state index contributed by atoms with van der Waals surface area (Å²) in [6.45, 7) is 15.8. The van der Waals surface area contributed by atoms with Crippen LogP contribution in [0.3, 0.4) is 0 Å². The molecule has 0 aliphatic carbocycles. The number of ether oxygens (including phenoxy) is 3. The maximum Gasteiger partial charge on any atom is 1.00 e. The average Bonchev–Trinajstić information content (AvgIpc) is 3.33. The number of urea groups is 2. The molecule has 4 amide bonds. The van der Waals surface area contributed by atoms with E-state index in [-0.39, 0.29) is 54.2 Å². The van der Waals surface area contributed by atoms with Gasteiger partial charge in [-0.3, -0.25) is 0 Å². The number of amides is 4. The van der Waals surface area contributed by atoms with Gasteiger partial charge in [0.2, 0.25) is 0 Å². The Labute approximate surface area is 506 Å². The van der Waals surface area contributed by atoms with Crippen molar-refractivity contribution in [3.8, 4) is 51.0 Å². The fourth-order valence-electron chi connectivity index (χ4n) is 6.06. The van der Waals surface area contributed by atoms with Crippen LogP contribution in [0.5, 0.6) is 28.7 Å². The molecule has 6 aromatic carbocycles. The SMILES string of the molecule is C.CC.CC(C)(C)NC(=O)NS(=O)(=O)c1cc(C(F)(F)F)ccc1Cl.CCI.COc1ccc(-c2cccc(Oc3ccc(C(F)(F)F)cc3S(=O)(=O)NC(=O)NC(C)(C)C)c2)cc1.COc1ccc(-c2cccc([O-])c2)cc1.[Na+]. The summed E-state index contributed by atoms with van der Waals surface area (Å²) < 4.78 is 148. The summed E-state index contributed by atoms with van der Waals surface area (Å²) in [5.41, 5.74) is -0.423. The van der Waals surface area contributed by atoms with Crippen LogP contribution in [0.25, 0.3) is 22.3 Å². The quantitative estimate of drug-likeness (QED) is 0.0442. The third-order valence-corrected chi connectivity index (χ3v) is 12.4. The van der Waals surface area contributed by atoms with Crippen molar-refractivity contribution in [1.82, 2.24) is 20.1 Å². The minimum absolute atomic E-state index is 0. The number of hydrogen-bond acceptors (Lipinski definition) is 10. The largest absolute Gasteiger partial charge is 1.00 e. The van der Waals surface area contributed by atoms with Gasteiger partial charge in [-0.15, -0.1) is 5.75 Å². The summed E-state index contributed by atoms with van der Waals surface area (Å²) in [5, 5.41) is 15.4. The molecule has 0 heterocycles. The smallest absolute Gasteiger partial charge is 0.872 e. The van der Waals surface area contributed by atoms with E-state index in [4.69, 9.17) is 25.8 Å². The monoisotopic (exact) mass is 1300 g/mol. The van der Waals surface area contributed by atoms with Gasteiger partial charge in [-0.05, 0) is 141 Å². The summed E-state index contributed by atoms with van der Waals surface area (Å²) in [6.07, 6.45) is -9.55. The number of sulfonamides is 2. The number of hydrogen-bond donors (Lipinski definition) is 4. The molecule has 434 valence electrons. The third kappa shape index (κ3) is 25.6. The minimum Gasteiger partial charge on any atom is -0.872 e. The zero-order chi connectivity index (χ0) is 59.5. The Morgan fingerprint density at radius 1 is 0.562 bits per heavy atom. The Kier molecular flexibility index (Phi) is 30.6. The van der Waals surface area contributed by atoms with E-state index in [0.717, 1.165) is 34.6 Å². The Bertz CT molecular complexity index is 3150. The zero-order valence-electron chi connectivity index (χ0n) is 45.3. The van der Waals surface area contributed by atoms with Crippen LogP contribution >= 0.6 is 34.2 Å². The van der Waals surface area contributed by atoms with Gasteiger partial charge < -0.3 is 30.0 Å². The summed E-state index contributed by atoms with van der Waals surface area (Å²) in [6, 6.07) is 29.9. The van der Waals surface area contributed by atoms with Crippen molar-refractivity contribution in [2.45, 2.75) is 103 Å². The van der Waals surface area contributed by atoms with Crippen molar-refractivity contribution < 1.29 is 102 Å². The molecule has 14 nitrogen and oxygen atoms in total. The predicted octanol–water partition coefficient (Wildman–Crippen LogP) is 11.6. The molecular formula is C55H65ClF6IN4NaO10S2. The number of rotatable bonds is 10. The van der Waals surface area contributed by atoms with Crippen LogP contribution < -0.4 is 69.0 Å². The second-order valence-corrected chi connectivity index (χ2v) is 23.0. The van der Waals surface area contributed by atoms with Crippen LogP contribution in [0.1, 0.15) is 80.9 Å². The van der Waals surface area contributed by atoms with E-state index in [1.54, 1.807) is 114 Å². The van der Waals surface area contributed by atoms with Gasteiger partial charge in [-0.25, -0.2) is 35.9 Å². The Morgan fingerprint density at radius 3 is 1.32 bits per heavy atom. The molecule has 6 rings (SSSR count). The average molecular weight is 1310 g/mol. The van der Waals surface area contributed by atoms with Crippen LogP contribution in [-0.2, 0) is 32.4 Å². The first-order valence-corrected chi connectivity index (χ1v) is 28.2. The van der Waals surface area contributed by atoms with Gasteiger partial charge in [0, 0.05) is 11.1 Å². The summed E-state index contributed by atoms with van der Waals surface area (Å²) in [4.78, 5) is 22.1. The number of benzene rings is 6. The number of alkyl halides is 7. The van der Waals surface area contributed by atoms with Crippen LogP contribution in [0.2, 0.25) is 5.02 Å². The number of halogens is 8. The molecule has 4 N–H and O–H groups in total. The third-order valence-electron chi connectivity index (χ3n) is 9.28. The Balaban J connectivity index is 0.00000121. The molecule has 80 heavy (non-hydrogen) atoms. The molecule has 0 spiro atoms. The minimum atomic E-state index is -4.81. The normalized spacial score (nSPS) is 11.1. The van der Waals surface area contributed by atoms with E-state index < -0.39 is 81.5 Å². The van der Waals surface area contributed by atoms with Gasteiger partial charge in [0.1, 0.15) is 32.8 Å². The van der Waals surface area contributed by atoms with Gasteiger partial charge in [-0.1, -0.05) is 123 Å². The number of methoxy groups -OCH3 is 2. The van der Waals surface area contributed by atoms with Crippen molar-refractivity contribution in [2.24, 2.45) is 0 Å². The number of carbonyl (C=O) groups excluding carboxylic acids is 2. The summed E-state index contributed by atoms with van der Waals surface area (Å²) in [7, 11) is -6.10. The van der Waals surface area contributed by atoms with Crippen LogP contribution in [0, 0.1) is 0 Å². The number of nitrogens with one attached hydrogen (secondary N) is 4. The van der Waals surface area contributed by atoms with Gasteiger partial charge >= 0.3 is 54.0 Å². The van der Waals surface area contributed by atoms with Crippen molar-refractivity contribution in [1.29, 1.82) is 0 Å². The zero-order valence-corrected chi connectivity index (χ0v) is 51.9. The van der Waals surface area contributed by atoms with Gasteiger partial charge in [-0.2, -0.15) is 26.3 Å². The van der Waals surface area contributed by atoms with E-state index in [1.807, 2.05) is 56.3 Å². The second-order valence-electron chi connectivity index (χ2n) is 17.8. The van der Waals surface area contributed by atoms with Crippen LogP contribution in [0.15, 0.2) is 143 Å². The van der Waals surface area contributed by atoms with Gasteiger partial charge in [0.25, 0.3) is 20.0 Å². The maximum absolute atomic E-state index is 13.4. The molecule has 0 aromatic heterocycles. The first-order chi connectivity index (χ1) is 36.1. The fourth-order valence-corrected chi connectivity index (χ4v) is 8.56. The van der Waals surface area contributed by atoms with Crippen molar-refractivity contribution in [3.05, 3.63) is 150 Å². The summed E-state index contributed by atoms with van der Waals surface area (Å²) in [5.74, 6) is 1.30. The van der Waals surface area contributed by atoms with E-state index in [9.17, 15) is 57.9 Å².